The van der Waals surface area contributed by atoms with Crippen LogP contribution >= 0.6 is 0 Å². The van der Waals surface area contributed by atoms with Gasteiger partial charge in [-0.2, -0.15) is 0 Å². The first-order valence-corrected chi connectivity index (χ1v) is 5.24. The summed E-state index contributed by atoms with van der Waals surface area (Å²) in [5, 5.41) is 4.63. The second-order valence-corrected chi connectivity index (χ2v) is 4.25. The molecular formula is C10H23N3. The maximum atomic E-state index is 2.57. The fraction of sp³-hybridized carbons (Fsp3) is 1.00. The fourth-order valence-corrected chi connectivity index (χ4v) is 2.28. The standard InChI is InChI=1S/C10H23N3/c1-6-13-9(2)7-12(11(4)5)8-10(13)3/h9-10H,6-8H2,1-5H3/t9-,10+. The van der Waals surface area contributed by atoms with Gasteiger partial charge in [-0.25, -0.2) is 10.0 Å². The lowest BCUT2D eigenvalue weighted by Gasteiger charge is -2.46. The van der Waals surface area contributed by atoms with Crippen molar-refractivity contribution in [3.05, 3.63) is 0 Å². The molecule has 0 radical (unpaired) electrons. The Bertz CT molecular complexity index is 146. The normalized spacial score (nSPS) is 32.8. The van der Waals surface area contributed by atoms with Crippen LogP contribution in [0, 0.1) is 0 Å². The Balaban J connectivity index is 2.56. The van der Waals surface area contributed by atoms with E-state index in [-0.39, 0.29) is 0 Å². The molecule has 1 heterocycles. The van der Waals surface area contributed by atoms with Crippen LogP contribution in [0.2, 0.25) is 0 Å². The molecule has 1 rings (SSSR count). The minimum absolute atomic E-state index is 0.677. The molecule has 0 aliphatic carbocycles. The van der Waals surface area contributed by atoms with Crippen molar-refractivity contribution >= 4 is 0 Å². The molecule has 0 amide bonds. The van der Waals surface area contributed by atoms with E-state index in [1.807, 2.05) is 0 Å². The molecule has 0 unspecified atom stereocenters. The van der Waals surface area contributed by atoms with Crippen LogP contribution in [0.5, 0.6) is 0 Å². The Morgan fingerprint density at radius 1 is 1.15 bits per heavy atom. The lowest BCUT2D eigenvalue weighted by atomic mass is 10.1. The highest BCUT2D eigenvalue weighted by Crippen LogP contribution is 2.15. The molecule has 0 saturated carbocycles. The van der Waals surface area contributed by atoms with Gasteiger partial charge >= 0.3 is 0 Å². The van der Waals surface area contributed by atoms with Crippen molar-refractivity contribution in [3.8, 4) is 0 Å². The third kappa shape index (κ3) is 2.42. The molecule has 1 aliphatic heterocycles. The zero-order valence-corrected chi connectivity index (χ0v) is 9.62. The summed E-state index contributed by atoms with van der Waals surface area (Å²) in [4.78, 5) is 2.57. The van der Waals surface area contributed by atoms with Crippen LogP contribution in [-0.4, -0.2) is 60.7 Å². The lowest BCUT2D eigenvalue weighted by molar-refractivity contribution is -0.0629. The van der Waals surface area contributed by atoms with Gasteiger partial charge in [0.15, 0.2) is 0 Å². The lowest BCUT2D eigenvalue weighted by Crippen LogP contribution is -2.59. The van der Waals surface area contributed by atoms with Gasteiger partial charge in [0.25, 0.3) is 0 Å². The summed E-state index contributed by atoms with van der Waals surface area (Å²) in [6.07, 6.45) is 0. The van der Waals surface area contributed by atoms with Gasteiger partial charge in [0, 0.05) is 39.3 Å². The summed E-state index contributed by atoms with van der Waals surface area (Å²) >= 11 is 0. The quantitative estimate of drug-likeness (QED) is 0.632. The number of hydrogen-bond acceptors (Lipinski definition) is 3. The molecule has 0 bridgehead atoms. The number of likely N-dealkylation sites (N-methyl/N-ethyl adjacent to an activating group) is 1. The van der Waals surface area contributed by atoms with Gasteiger partial charge in [0.05, 0.1) is 0 Å². The van der Waals surface area contributed by atoms with E-state index in [0.717, 1.165) is 13.1 Å². The van der Waals surface area contributed by atoms with E-state index < -0.39 is 0 Å². The molecule has 3 heteroatoms. The zero-order valence-electron chi connectivity index (χ0n) is 9.62. The second-order valence-electron chi connectivity index (χ2n) is 4.25. The second kappa shape index (κ2) is 4.40. The van der Waals surface area contributed by atoms with Crippen LogP contribution < -0.4 is 0 Å². The SMILES string of the molecule is CCN1[C@H](C)CN(N(C)C)C[C@@H]1C. The maximum Gasteiger partial charge on any atom is 0.0287 e. The number of hydrazine groups is 1. The molecule has 1 fully saturated rings. The van der Waals surface area contributed by atoms with E-state index in [1.54, 1.807) is 0 Å². The van der Waals surface area contributed by atoms with Gasteiger partial charge in [0.2, 0.25) is 0 Å². The molecule has 0 spiro atoms. The highest BCUT2D eigenvalue weighted by Gasteiger charge is 2.28. The van der Waals surface area contributed by atoms with E-state index in [9.17, 15) is 0 Å². The summed E-state index contributed by atoms with van der Waals surface area (Å²) in [5.74, 6) is 0. The van der Waals surface area contributed by atoms with E-state index in [2.05, 4.69) is 49.8 Å². The number of rotatable bonds is 2. The molecule has 1 saturated heterocycles. The minimum Gasteiger partial charge on any atom is -0.296 e. The first-order valence-electron chi connectivity index (χ1n) is 5.24. The van der Waals surface area contributed by atoms with Crippen molar-refractivity contribution in [2.75, 3.05) is 33.7 Å². The van der Waals surface area contributed by atoms with Crippen LogP contribution in [0.25, 0.3) is 0 Å². The fourth-order valence-electron chi connectivity index (χ4n) is 2.28. The Morgan fingerprint density at radius 3 is 1.92 bits per heavy atom. The molecule has 78 valence electrons. The minimum atomic E-state index is 0.677. The van der Waals surface area contributed by atoms with Gasteiger partial charge in [-0.15, -0.1) is 0 Å². The zero-order chi connectivity index (χ0) is 10.0. The van der Waals surface area contributed by atoms with Crippen LogP contribution in [-0.2, 0) is 0 Å². The van der Waals surface area contributed by atoms with E-state index in [1.165, 1.54) is 6.54 Å². The van der Waals surface area contributed by atoms with Crippen molar-refractivity contribution in [1.29, 1.82) is 0 Å². The molecule has 2 atom stereocenters. The van der Waals surface area contributed by atoms with Gasteiger partial charge in [-0.05, 0) is 20.4 Å². The Labute approximate surface area is 82.3 Å². The highest BCUT2D eigenvalue weighted by atomic mass is 15.6. The van der Waals surface area contributed by atoms with Crippen molar-refractivity contribution in [2.24, 2.45) is 0 Å². The van der Waals surface area contributed by atoms with Gasteiger partial charge in [-0.1, -0.05) is 6.92 Å². The molecule has 0 aromatic heterocycles. The number of nitrogens with zero attached hydrogens (tertiary/aromatic N) is 3. The van der Waals surface area contributed by atoms with Crippen molar-refractivity contribution in [2.45, 2.75) is 32.9 Å². The topological polar surface area (TPSA) is 9.72 Å². The summed E-state index contributed by atoms with van der Waals surface area (Å²) in [5.41, 5.74) is 0. The smallest absolute Gasteiger partial charge is 0.0287 e. The maximum absolute atomic E-state index is 2.57. The summed E-state index contributed by atoms with van der Waals surface area (Å²) in [7, 11) is 4.25. The average Bonchev–Trinajstić information content (AvgIpc) is 2.03. The predicted molar refractivity (Wildman–Crippen MR) is 56.6 cm³/mol. The van der Waals surface area contributed by atoms with Crippen molar-refractivity contribution in [3.63, 3.8) is 0 Å². The molecular weight excluding hydrogens is 162 g/mol. The Hall–Kier alpha value is -0.120. The molecule has 0 N–H and O–H groups in total. The van der Waals surface area contributed by atoms with Gasteiger partial charge in [0.1, 0.15) is 0 Å². The number of piperazine rings is 1. The van der Waals surface area contributed by atoms with E-state index in [4.69, 9.17) is 0 Å². The van der Waals surface area contributed by atoms with Crippen LogP contribution in [0.15, 0.2) is 0 Å². The van der Waals surface area contributed by atoms with Crippen LogP contribution in [0.1, 0.15) is 20.8 Å². The van der Waals surface area contributed by atoms with E-state index in [0.29, 0.717) is 12.1 Å². The largest absolute Gasteiger partial charge is 0.296 e. The first-order chi connectivity index (χ1) is 6.06. The van der Waals surface area contributed by atoms with Crippen LogP contribution in [0.3, 0.4) is 0 Å². The summed E-state index contributed by atoms with van der Waals surface area (Å²) in [6, 6.07) is 1.35. The highest BCUT2D eigenvalue weighted by molar-refractivity contribution is 4.82. The number of hydrogen-bond donors (Lipinski definition) is 0. The van der Waals surface area contributed by atoms with E-state index >= 15 is 0 Å². The first kappa shape index (κ1) is 11.0. The van der Waals surface area contributed by atoms with Gasteiger partial charge in [-0.3, -0.25) is 4.90 Å². The molecule has 13 heavy (non-hydrogen) atoms. The molecule has 0 aromatic carbocycles. The van der Waals surface area contributed by atoms with Crippen LogP contribution in [0.4, 0.5) is 0 Å². The molecule has 3 nitrogen and oxygen atoms in total. The Morgan fingerprint density at radius 2 is 1.62 bits per heavy atom. The summed E-state index contributed by atoms with van der Waals surface area (Å²) in [6.45, 7) is 10.4. The molecule has 0 aromatic rings. The monoisotopic (exact) mass is 185 g/mol. The predicted octanol–water partition coefficient (Wildman–Crippen LogP) is 0.878. The Kier molecular flexibility index (Phi) is 3.71. The molecule has 1 aliphatic rings. The van der Waals surface area contributed by atoms with Crippen molar-refractivity contribution in [1.82, 2.24) is 14.9 Å². The summed E-state index contributed by atoms with van der Waals surface area (Å²) < 4.78 is 0. The van der Waals surface area contributed by atoms with Gasteiger partial charge < -0.3 is 0 Å². The average molecular weight is 185 g/mol. The third-order valence-corrected chi connectivity index (χ3v) is 3.01. The van der Waals surface area contributed by atoms with Crippen molar-refractivity contribution < 1.29 is 0 Å². The third-order valence-electron chi connectivity index (χ3n) is 3.01.